The molecule has 6 heteroatoms. The summed E-state index contributed by atoms with van der Waals surface area (Å²) in [6.07, 6.45) is 0. The molecule has 0 aliphatic carbocycles. The minimum Gasteiger partial charge on any atom is -0.452 e. The van der Waals surface area contributed by atoms with Gasteiger partial charge in [-0.1, -0.05) is 15.9 Å². The molecular weight excluding hydrogens is 306 g/mol. The van der Waals surface area contributed by atoms with Crippen molar-refractivity contribution in [2.75, 3.05) is 11.5 Å². The molecule has 0 radical (unpaired) electrons. The minimum atomic E-state index is -0.812. The van der Waals surface area contributed by atoms with E-state index < -0.39 is 11.6 Å². The summed E-state index contributed by atoms with van der Waals surface area (Å²) in [7, 11) is 0. The molecule has 0 unspecified atom stereocenters. The molecule has 2 aromatic carbocycles. The van der Waals surface area contributed by atoms with E-state index in [1.807, 2.05) is 0 Å². The Morgan fingerprint density at radius 2 is 1.72 bits per heavy atom. The monoisotopic (exact) mass is 314 g/mol. The van der Waals surface area contributed by atoms with Crippen LogP contribution in [0.1, 0.15) is 0 Å². The third kappa shape index (κ3) is 2.53. The molecule has 0 saturated carbocycles. The summed E-state index contributed by atoms with van der Waals surface area (Å²) in [5, 5.41) is 0. The number of hydrogen-bond acceptors (Lipinski definition) is 3. The topological polar surface area (TPSA) is 61.3 Å². The van der Waals surface area contributed by atoms with E-state index >= 15 is 0 Å². The zero-order chi connectivity index (χ0) is 13.3. The summed E-state index contributed by atoms with van der Waals surface area (Å²) in [5.74, 6) is -1.41. The average Bonchev–Trinajstić information content (AvgIpc) is 2.29. The molecule has 0 heterocycles. The second-order valence-electron chi connectivity index (χ2n) is 3.58. The number of halogens is 3. The molecule has 0 fully saturated rings. The summed E-state index contributed by atoms with van der Waals surface area (Å²) >= 11 is 3.22. The fourth-order valence-electron chi connectivity index (χ4n) is 1.37. The van der Waals surface area contributed by atoms with E-state index in [4.69, 9.17) is 16.2 Å². The Hall–Kier alpha value is -1.82. The van der Waals surface area contributed by atoms with Gasteiger partial charge in [-0.25, -0.2) is 8.78 Å². The van der Waals surface area contributed by atoms with Crippen LogP contribution in [0.2, 0.25) is 0 Å². The molecule has 2 rings (SSSR count). The molecule has 94 valence electrons. The Balaban J connectivity index is 2.40. The summed E-state index contributed by atoms with van der Waals surface area (Å²) in [6.45, 7) is 0. The standard InChI is InChI=1S/C12H9BrF2N2O/c13-6-3-9(16)12(17)11(4-6)18-10-2-1-7(14)5-8(10)15/h1-5H,16-17H2. The van der Waals surface area contributed by atoms with Crippen LogP contribution in [0.15, 0.2) is 34.8 Å². The van der Waals surface area contributed by atoms with Crippen molar-refractivity contribution in [2.45, 2.75) is 0 Å². The molecule has 0 aliphatic rings. The SMILES string of the molecule is Nc1cc(Br)cc(Oc2ccc(F)cc2F)c1N. The molecule has 18 heavy (non-hydrogen) atoms. The van der Waals surface area contributed by atoms with Crippen molar-refractivity contribution in [3.63, 3.8) is 0 Å². The van der Waals surface area contributed by atoms with Gasteiger partial charge in [0.05, 0.1) is 11.4 Å². The number of hydrogen-bond donors (Lipinski definition) is 2. The van der Waals surface area contributed by atoms with Crippen LogP contribution in [0.25, 0.3) is 0 Å². The first-order valence-corrected chi connectivity index (χ1v) is 5.74. The van der Waals surface area contributed by atoms with Crippen LogP contribution in [-0.4, -0.2) is 0 Å². The third-order valence-corrected chi connectivity index (χ3v) is 2.71. The predicted octanol–water partition coefficient (Wildman–Crippen LogP) is 3.68. The van der Waals surface area contributed by atoms with Gasteiger partial charge in [-0.15, -0.1) is 0 Å². The zero-order valence-electron chi connectivity index (χ0n) is 9.08. The van der Waals surface area contributed by atoms with Gasteiger partial charge in [0.25, 0.3) is 0 Å². The maximum atomic E-state index is 13.4. The highest BCUT2D eigenvalue weighted by molar-refractivity contribution is 9.10. The molecule has 2 aromatic rings. The molecule has 0 bridgehead atoms. The quantitative estimate of drug-likeness (QED) is 0.831. The summed E-state index contributed by atoms with van der Waals surface area (Å²) in [5.41, 5.74) is 11.9. The van der Waals surface area contributed by atoms with E-state index in [0.717, 1.165) is 12.1 Å². The highest BCUT2D eigenvalue weighted by atomic mass is 79.9. The van der Waals surface area contributed by atoms with E-state index in [2.05, 4.69) is 15.9 Å². The molecule has 0 saturated heterocycles. The van der Waals surface area contributed by atoms with Gasteiger partial charge < -0.3 is 16.2 Å². The van der Waals surface area contributed by atoms with Gasteiger partial charge in [-0.3, -0.25) is 0 Å². The fraction of sp³-hybridized carbons (Fsp3) is 0. The molecule has 4 N–H and O–H groups in total. The number of rotatable bonds is 2. The average molecular weight is 315 g/mol. The summed E-state index contributed by atoms with van der Waals surface area (Å²) in [6, 6.07) is 6.15. The third-order valence-electron chi connectivity index (χ3n) is 2.25. The van der Waals surface area contributed by atoms with Crippen LogP contribution >= 0.6 is 15.9 Å². The van der Waals surface area contributed by atoms with Crippen molar-refractivity contribution in [2.24, 2.45) is 0 Å². The fourth-order valence-corrected chi connectivity index (χ4v) is 1.83. The van der Waals surface area contributed by atoms with Crippen molar-refractivity contribution in [1.29, 1.82) is 0 Å². The molecule has 0 spiro atoms. The van der Waals surface area contributed by atoms with Crippen molar-refractivity contribution < 1.29 is 13.5 Å². The van der Waals surface area contributed by atoms with Crippen LogP contribution in [0, 0.1) is 11.6 Å². The van der Waals surface area contributed by atoms with E-state index in [-0.39, 0.29) is 17.2 Å². The summed E-state index contributed by atoms with van der Waals surface area (Å²) in [4.78, 5) is 0. The zero-order valence-corrected chi connectivity index (χ0v) is 10.7. The first-order valence-electron chi connectivity index (χ1n) is 4.95. The molecule has 3 nitrogen and oxygen atoms in total. The predicted molar refractivity (Wildman–Crippen MR) is 69.4 cm³/mol. The van der Waals surface area contributed by atoms with Crippen molar-refractivity contribution in [1.82, 2.24) is 0 Å². The Morgan fingerprint density at radius 3 is 2.39 bits per heavy atom. The number of anilines is 2. The van der Waals surface area contributed by atoms with Gasteiger partial charge in [0, 0.05) is 10.5 Å². The second-order valence-corrected chi connectivity index (χ2v) is 4.50. The van der Waals surface area contributed by atoms with Crippen LogP contribution in [0.5, 0.6) is 11.5 Å². The Bertz CT molecular complexity index is 605. The van der Waals surface area contributed by atoms with Crippen LogP contribution in [-0.2, 0) is 0 Å². The summed E-state index contributed by atoms with van der Waals surface area (Å²) < 4.78 is 32.1. The van der Waals surface area contributed by atoms with Gasteiger partial charge in [0.2, 0.25) is 0 Å². The first-order chi connectivity index (χ1) is 8.47. The van der Waals surface area contributed by atoms with Gasteiger partial charge >= 0.3 is 0 Å². The highest BCUT2D eigenvalue weighted by Gasteiger charge is 2.11. The second kappa shape index (κ2) is 4.81. The molecule has 0 aromatic heterocycles. The molecule has 0 amide bonds. The largest absolute Gasteiger partial charge is 0.452 e. The van der Waals surface area contributed by atoms with Gasteiger partial charge in [-0.2, -0.15) is 0 Å². The number of ether oxygens (including phenoxy) is 1. The Labute approximate surface area is 110 Å². The molecule has 0 aliphatic heterocycles. The smallest absolute Gasteiger partial charge is 0.168 e. The van der Waals surface area contributed by atoms with E-state index in [1.165, 1.54) is 6.07 Å². The first kappa shape index (κ1) is 12.6. The molecular formula is C12H9BrF2N2O. The van der Waals surface area contributed by atoms with Crippen molar-refractivity contribution in [3.05, 3.63) is 46.4 Å². The maximum absolute atomic E-state index is 13.4. The molecule has 0 atom stereocenters. The normalized spacial score (nSPS) is 10.4. The van der Waals surface area contributed by atoms with Gasteiger partial charge in [0.15, 0.2) is 17.3 Å². The Morgan fingerprint density at radius 1 is 1.00 bits per heavy atom. The lowest BCUT2D eigenvalue weighted by Gasteiger charge is -2.11. The van der Waals surface area contributed by atoms with E-state index in [0.29, 0.717) is 10.2 Å². The lowest BCUT2D eigenvalue weighted by Crippen LogP contribution is -1.99. The van der Waals surface area contributed by atoms with E-state index in [1.54, 1.807) is 12.1 Å². The van der Waals surface area contributed by atoms with Crippen LogP contribution in [0.3, 0.4) is 0 Å². The van der Waals surface area contributed by atoms with E-state index in [9.17, 15) is 8.78 Å². The Kier molecular flexibility index (Phi) is 3.38. The minimum absolute atomic E-state index is 0.124. The van der Waals surface area contributed by atoms with Crippen LogP contribution in [0.4, 0.5) is 20.2 Å². The van der Waals surface area contributed by atoms with Crippen molar-refractivity contribution in [3.8, 4) is 11.5 Å². The number of nitrogens with two attached hydrogens (primary N) is 2. The lowest BCUT2D eigenvalue weighted by atomic mass is 10.2. The highest BCUT2D eigenvalue weighted by Crippen LogP contribution is 2.35. The van der Waals surface area contributed by atoms with Crippen molar-refractivity contribution >= 4 is 27.3 Å². The van der Waals surface area contributed by atoms with Gasteiger partial charge in [0.1, 0.15) is 5.82 Å². The lowest BCUT2D eigenvalue weighted by molar-refractivity contribution is 0.439. The van der Waals surface area contributed by atoms with Crippen LogP contribution < -0.4 is 16.2 Å². The maximum Gasteiger partial charge on any atom is 0.168 e. The van der Waals surface area contributed by atoms with Gasteiger partial charge in [-0.05, 0) is 24.3 Å². The number of nitrogen functional groups attached to an aromatic ring is 2. The number of benzene rings is 2.